The van der Waals surface area contributed by atoms with Crippen LogP contribution < -0.4 is 10.2 Å². The van der Waals surface area contributed by atoms with E-state index in [9.17, 15) is 0 Å². The Morgan fingerprint density at radius 3 is 2.97 bits per heavy atom. The van der Waals surface area contributed by atoms with Crippen LogP contribution in [-0.4, -0.2) is 24.8 Å². The molecule has 1 aliphatic carbocycles. The molecule has 4 heteroatoms. The van der Waals surface area contributed by atoms with Crippen LogP contribution in [-0.2, 0) is 6.42 Å². The second kappa shape index (κ2) is 8.39. The van der Waals surface area contributed by atoms with Gasteiger partial charge in [-0.3, -0.25) is 4.99 Å². The predicted molar refractivity (Wildman–Crippen MR) is 137 cm³/mol. The highest BCUT2D eigenvalue weighted by Crippen LogP contribution is 2.39. The fraction of sp³-hybridized carbons (Fsp3) is 0.179. The van der Waals surface area contributed by atoms with Gasteiger partial charge in [-0.2, -0.15) is 0 Å². The van der Waals surface area contributed by atoms with Gasteiger partial charge < -0.3 is 15.2 Å². The molecular weight excluding hydrogens is 392 g/mol. The topological polar surface area (TPSA) is 43.4 Å². The van der Waals surface area contributed by atoms with Crippen LogP contribution in [0.25, 0.3) is 11.6 Å². The van der Waals surface area contributed by atoms with Gasteiger partial charge in [-0.1, -0.05) is 43.0 Å². The van der Waals surface area contributed by atoms with E-state index in [0.29, 0.717) is 0 Å². The summed E-state index contributed by atoms with van der Waals surface area (Å²) in [7, 11) is 2.11. The number of aliphatic imine (C=N–C) groups is 1. The molecule has 0 saturated carbocycles. The van der Waals surface area contributed by atoms with Crippen molar-refractivity contribution in [3.63, 3.8) is 0 Å². The number of nitrogens with one attached hydrogen (secondary N) is 2. The molecule has 32 heavy (non-hydrogen) atoms. The Hall–Kier alpha value is -3.79. The van der Waals surface area contributed by atoms with Gasteiger partial charge in [0.15, 0.2) is 0 Å². The summed E-state index contributed by atoms with van der Waals surface area (Å²) in [6.45, 7) is 7.52. The van der Waals surface area contributed by atoms with Gasteiger partial charge in [0.05, 0.1) is 24.0 Å². The van der Waals surface area contributed by atoms with Crippen molar-refractivity contribution in [1.82, 2.24) is 4.98 Å². The average Bonchev–Trinajstić information content (AvgIpc) is 3.05. The van der Waals surface area contributed by atoms with Crippen molar-refractivity contribution in [2.45, 2.75) is 19.4 Å². The number of benzene rings is 2. The minimum Gasteiger partial charge on any atom is -0.374 e. The van der Waals surface area contributed by atoms with E-state index in [1.807, 2.05) is 6.21 Å². The third-order valence-corrected chi connectivity index (χ3v) is 6.21. The first-order chi connectivity index (χ1) is 15.6. The highest BCUT2D eigenvalue weighted by Gasteiger charge is 2.23. The molecular formula is C28H28N4. The van der Waals surface area contributed by atoms with Crippen LogP contribution in [0.5, 0.6) is 0 Å². The largest absolute Gasteiger partial charge is 0.374 e. The standard InChI is InChI=1S/C28H28N4/c1-19-8-7-9-22(16-19)31-28(21-12-13-26-27(17-21)32(3)15-14-29-26)20(2)24-18-30-25-11-6-4-5-10-23(24)25/h4-9,11-14,16-18,28,30-31H,2,10,15H2,1,3H3. The lowest BCUT2D eigenvalue weighted by molar-refractivity contribution is 0.987. The molecule has 0 saturated heterocycles. The van der Waals surface area contributed by atoms with Gasteiger partial charge in [-0.15, -0.1) is 0 Å². The predicted octanol–water partition coefficient (Wildman–Crippen LogP) is 6.47. The Labute approximate surface area is 189 Å². The highest BCUT2D eigenvalue weighted by molar-refractivity contribution is 5.83. The number of rotatable bonds is 5. The van der Waals surface area contributed by atoms with Gasteiger partial charge in [0.2, 0.25) is 0 Å². The summed E-state index contributed by atoms with van der Waals surface area (Å²) in [4.78, 5) is 10.2. The first kappa shape index (κ1) is 20.1. The van der Waals surface area contributed by atoms with Crippen molar-refractivity contribution >= 4 is 34.9 Å². The average molecular weight is 421 g/mol. The van der Waals surface area contributed by atoms with Gasteiger partial charge in [0.1, 0.15) is 0 Å². The van der Waals surface area contributed by atoms with Crippen LogP contribution >= 0.6 is 0 Å². The normalized spacial score (nSPS) is 15.1. The molecule has 1 atom stereocenters. The molecule has 2 N–H and O–H groups in total. The number of allylic oxidation sites excluding steroid dienone is 3. The molecule has 4 nitrogen and oxygen atoms in total. The number of anilines is 2. The Bertz CT molecular complexity index is 1260. The van der Waals surface area contributed by atoms with Crippen molar-refractivity contribution < 1.29 is 0 Å². The number of H-pyrrole nitrogens is 1. The van der Waals surface area contributed by atoms with E-state index in [4.69, 9.17) is 0 Å². The zero-order valence-electron chi connectivity index (χ0n) is 18.6. The summed E-state index contributed by atoms with van der Waals surface area (Å²) in [6, 6.07) is 14.9. The summed E-state index contributed by atoms with van der Waals surface area (Å²) in [6.07, 6.45) is 13.4. The van der Waals surface area contributed by atoms with E-state index in [1.54, 1.807) is 0 Å². The number of aromatic amines is 1. The lowest BCUT2D eigenvalue weighted by Gasteiger charge is -2.27. The smallest absolute Gasteiger partial charge is 0.0860 e. The SMILES string of the molecule is C=C(c1c[nH]c2c1CC=CC=C2)C(Nc1cccc(C)c1)c1ccc2c(c1)N(C)CC=N2. The molecule has 5 rings (SSSR count). The molecule has 1 unspecified atom stereocenters. The van der Waals surface area contributed by atoms with Crippen molar-refractivity contribution in [2.75, 3.05) is 23.8 Å². The fourth-order valence-corrected chi connectivity index (χ4v) is 4.46. The Morgan fingerprint density at radius 2 is 2.09 bits per heavy atom. The molecule has 2 aromatic carbocycles. The Kier molecular flexibility index (Phi) is 5.28. The van der Waals surface area contributed by atoms with E-state index < -0.39 is 0 Å². The van der Waals surface area contributed by atoms with Crippen LogP contribution in [0, 0.1) is 6.92 Å². The monoisotopic (exact) mass is 420 g/mol. The molecule has 0 amide bonds. The lowest BCUT2D eigenvalue weighted by atomic mass is 9.91. The van der Waals surface area contributed by atoms with Crippen molar-refractivity contribution in [3.8, 4) is 0 Å². The molecule has 1 aromatic heterocycles. The number of fused-ring (bicyclic) bond motifs is 2. The molecule has 0 spiro atoms. The zero-order chi connectivity index (χ0) is 22.1. The first-order valence-corrected chi connectivity index (χ1v) is 11.0. The first-order valence-electron chi connectivity index (χ1n) is 11.0. The molecule has 0 bridgehead atoms. The van der Waals surface area contributed by atoms with Gasteiger partial charge in [0, 0.05) is 36.4 Å². The number of hydrogen-bond donors (Lipinski definition) is 2. The van der Waals surface area contributed by atoms with Crippen molar-refractivity contribution in [3.05, 3.63) is 101 Å². The van der Waals surface area contributed by atoms with Gasteiger partial charge in [0.25, 0.3) is 0 Å². The van der Waals surface area contributed by atoms with Crippen LogP contribution in [0.15, 0.2) is 78.5 Å². The molecule has 1 aliphatic heterocycles. The Morgan fingerprint density at radius 1 is 1.19 bits per heavy atom. The third-order valence-electron chi connectivity index (χ3n) is 6.21. The van der Waals surface area contributed by atoms with Crippen LogP contribution in [0.1, 0.15) is 34.0 Å². The van der Waals surface area contributed by atoms with Crippen LogP contribution in [0.3, 0.4) is 0 Å². The van der Waals surface area contributed by atoms with Gasteiger partial charge in [-0.05, 0) is 65.9 Å². The van der Waals surface area contributed by atoms with Crippen LogP contribution in [0.2, 0.25) is 0 Å². The summed E-state index contributed by atoms with van der Waals surface area (Å²) in [5.41, 5.74) is 10.3. The molecule has 3 aromatic rings. The van der Waals surface area contributed by atoms with E-state index in [0.717, 1.165) is 41.3 Å². The quantitative estimate of drug-likeness (QED) is 0.497. The van der Waals surface area contributed by atoms with E-state index >= 15 is 0 Å². The molecule has 2 aliphatic rings. The van der Waals surface area contributed by atoms with Crippen LogP contribution in [0.4, 0.5) is 17.1 Å². The maximum Gasteiger partial charge on any atom is 0.0860 e. The third kappa shape index (κ3) is 3.80. The van der Waals surface area contributed by atoms with Gasteiger partial charge >= 0.3 is 0 Å². The molecule has 0 fully saturated rings. The van der Waals surface area contributed by atoms with Crippen molar-refractivity contribution in [2.24, 2.45) is 4.99 Å². The fourth-order valence-electron chi connectivity index (χ4n) is 4.46. The summed E-state index contributed by atoms with van der Waals surface area (Å²) >= 11 is 0. The minimum atomic E-state index is -0.0717. The van der Waals surface area contributed by atoms with E-state index in [2.05, 4.69) is 114 Å². The summed E-state index contributed by atoms with van der Waals surface area (Å²) in [5.74, 6) is 0. The molecule has 2 heterocycles. The summed E-state index contributed by atoms with van der Waals surface area (Å²) < 4.78 is 0. The number of aromatic nitrogens is 1. The number of nitrogens with zero attached hydrogens (tertiary/aromatic N) is 2. The maximum absolute atomic E-state index is 4.59. The maximum atomic E-state index is 4.59. The molecule has 0 radical (unpaired) electrons. The van der Waals surface area contributed by atoms with E-state index in [-0.39, 0.29) is 6.04 Å². The van der Waals surface area contributed by atoms with E-state index in [1.165, 1.54) is 22.3 Å². The minimum absolute atomic E-state index is 0.0717. The number of aryl methyl sites for hydroxylation is 1. The summed E-state index contributed by atoms with van der Waals surface area (Å²) in [5, 5.41) is 3.76. The second-order valence-corrected chi connectivity index (χ2v) is 8.50. The van der Waals surface area contributed by atoms with Crippen molar-refractivity contribution in [1.29, 1.82) is 0 Å². The second-order valence-electron chi connectivity index (χ2n) is 8.50. The van der Waals surface area contributed by atoms with Gasteiger partial charge in [-0.25, -0.2) is 0 Å². The zero-order valence-corrected chi connectivity index (χ0v) is 18.6. The number of hydrogen-bond acceptors (Lipinski definition) is 3. The lowest BCUT2D eigenvalue weighted by Crippen LogP contribution is -2.22. The Balaban J connectivity index is 1.58. The molecule has 160 valence electrons. The highest BCUT2D eigenvalue weighted by atomic mass is 15.1.